The Balaban J connectivity index is 1.13. The van der Waals surface area contributed by atoms with Gasteiger partial charge in [0.05, 0.1) is 5.92 Å². The molecule has 1 atom stereocenters. The van der Waals surface area contributed by atoms with Crippen LogP contribution in [0.4, 0.5) is 5.69 Å². The second-order valence-corrected chi connectivity index (χ2v) is 8.12. The number of hydrogen-bond acceptors (Lipinski definition) is 6. The van der Waals surface area contributed by atoms with E-state index in [1.165, 1.54) is 4.68 Å². The fraction of sp³-hybridized carbons (Fsp3) is 0.524. The molecule has 1 unspecified atom stereocenters. The number of amides is 2. The van der Waals surface area contributed by atoms with Crippen molar-refractivity contribution in [3.05, 3.63) is 34.5 Å². The van der Waals surface area contributed by atoms with Crippen LogP contribution < -0.4 is 25.4 Å². The van der Waals surface area contributed by atoms with Crippen molar-refractivity contribution in [1.82, 2.24) is 19.7 Å². The largest absolute Gasteiger partial charge is 0.454 e. The first-order valence-electron chi connectivity index (χ1n) is 10.7. The molecule has 1 saturated heterocycles. The van der Waals surface area contributed by atoms with E-state index in [-0.39, 0.29) is 30.7 Å². The van der Waals surface area contributed by atoms with Gasteiger partial charge < -0.3 is 19.7 Å². The lowest BCUT2D eigenvalue weighted by Gasteiger charge is -2.17. The summed E-state index contributed by atoms with van der Waals surface area (Å²) in [6, 6.07) is 5.34. The molecule has 10 heteroatoms. The number of carbonyl (C=O) groups is 2. The molecule has 1 N–H and O–H groups in total. The maximum Gasteiger partial charge on any atom is 0.345 e. The number of anilines is 1. The van der Waals surface area contributed by atoms with E-state index >= 15 is 0 Å². The second kappa shape index (κ2) is 8.09. The average molecular weight is 427 g/mol. The molecular weight excluding hydrogens is 402 g/mol. The topological polar surface area (TPSA) is 108 Å². The fourth-order valence-electron chi connectivity index (χ4n) is 4.36. The van der Waals surface area contributed by atoms with Crippen LogP contribution in [0, 0.1) is 5.92 Å². The fourth-order valence-corrected chi connectivity index (χ4v) is 4.36. The summed E-state index contributed by atoms with van der Waals surface area (Å²) in [4.78, 5) is 39.0. The summed E-state index contributed by atoms with van der Waals surface area (Å²) >= 11 is 0. The first kappa shape index (κ1) is 19.7. The maximum absolute atomic E-state index is 12.6. The highest BCUT2D eigenvalue weighted by molar-refractivity contribution is 6.00. The van der Waals surface area contributed by atoms with E-state index in [1.807, 2.05) is 0 Å². The lowest BCUT2D eigenvalue weighted by molar-refractivity contribution is -0.126. The number of rotatable bonds is 6. The van der Waals surface area contributed by atoms with Crippen LogP contribution in [0.25, 0.3) is 0 Å². The molecule has 1 aromatic heterocycles. The number of carbonyl (C=O) groups excluding carboxylic acids is 2. The van der Waals surface area contributed by atoms with Crippen LogP contribution in [-0.2, 0) is 29.1 Å². The van der Waals surface area contributed by atoms with Crippen LogP contribution in [0.2, 0.25) is 0 Å². The number of fused-ring (bicyclic) bond motifs is 2. The Hall–Kier alpha value is -3.30. The highest BCUT2D eigenvalue weighted by Gasteiger charge is 2.35. The van der Waals surface area contributed by atoms with Gasteiger partial charge in [-0.05, 0) is 31.4 Å². The molecule has 0 saturated carbocycles. The molecule has 2 aromatic rings. The third-order valence-electron chi connectivity index (χ3n) is 6.04. The minimum atomic E-state index is -0.402. The van der Waals surface area contributed by atoms with Crippen molar-refractivity contribution < 1.29 is 19.1 Å². The Bertz CT molecular complexity index is 1070. The molecule has 10 nitrogen and oxygen atoms in total. The van der Waals surface area contributed by atoms with E-state index in [2.05, 4.69) is 10.4 Å². The maximum atomic E-state index is 12.6. The Morgan fingerprint density at radius 1 is 1.19 bits per heavy atom. The van der Waals surface area contributed by atoms with Crippen molar-refractivity contribution in [1.29, 1.82) is 0 Å². The molecule has 0 radical (unpaired) electrons. The molecule has 1 fully saturated rings. The SMILES string of the molecule is O=C(NCCCn1nc2n(c1=O)CCCC2)C1CC(=O)N(c2ccc3c(c2)OCO3)C1. The summed E-state index contributed by atoms with van der Waals surface area (Å²) in [5.41, 5.74) is 0.634. The van der Waals surface area contributed by atoms with Gasteiger partial charge in [-0.25, -0.2) is 9.48 Å². The van der Waals surface area contributed by atoms with Gasteiger partial charge in [-0.2, -0.15) is 5.10 Å². The van der Waals surface area contributed by atoms with Gasteiger partial charge in [0, 0.05) is 50.8 Å². The van der Waals surface area contributed by atoms with Gasteiger partial charge >= 0.3 is 5.69 Å². The number of aromatic nitrogens is 3. The van der Waals surface area contributed by atoms with Crippen LogP contribution in [0.15, 0.2) is 23.0 Å². The number of hydrogen-bond donors (Lipinski definition) is 1. The zero-order valence-corrected chi connectivity index (χ0v) is 17.2. The van der Waals surface area contributed by atoms with Crippen LogP contribution in [0.5, 0.6) is 11.5 Å². The lowest BCUT2D eigenvalue weighted by atomic mass is 10.1. The number of nitrogens with zero attached hydrogens (tertiary/aromatic N) is 4. The van der Waals surface area contributed by atoms with Gasteiger partial charge in [-0.3, -0.25) is 14.2 Å². The molecule has 31 heavy (non-hydrogen) atoms. The minimum Gasteiger partial charge on any atom is -0.454 e. The summed E-state index contributed by atoms with van der Waals surface area (Å²) < 4.78 is 13.9. The summed E-state index contributed by atoms with van der Waals surface area (Å²) in [7, 11) is 0. The normalized spacial score (nSPS) is 19.5. The zero-order chi connectivity index (χ0) is 21.4. The molecule has 1 aromatic carbocycles. The molecule has 164 valence electrons. The van der Waals surface area contributed by atoms with Crippen LogP contribution >= 0.6 is 0 Å². The molecule has 3 aliphatic heterocycles. The smallest absolute Gasteiger partial charge is 0.345 e. The third-order valence-corrected chi connectivity index (χ3v) is 6.04. The van der Waals surface area contributed by atoms with E-state index in [0.29, 0.717) is 43.2 Å². The van der Waals surface area contributed by atoms with Crippen molar-refractivity contribution in [3.63, 3.8) is 0 Å². The highest BCUT2D eigenvalue weighted by Crippen LogP contribution is 2.37. The molecular formula is C21H25N5O5. The number of nitrogens with one attached hydrogen (secondary N) is 1. The highest BCUT2D eigenvalue weighted by atomic mass is 16.7. The quantitative estimate of drug-likeness (QED) is 0.679. The first-order chi connectivity index (χ1) is 15.1. The second-order valence-electron chi connectivity index (χ2n) is 8.12. The van der Waals surface area contributed by atoms with E-state index < -0.39 is 5.92 Å². The van der Waals surface area contributed by atoms with Crippen LogP contribution in [0.1, 0.15) is 31.5 Å². The Kier molecular flexibility index (Phi) is 5.13. The van der Waals surface area contributed by atoms with Gasteiger partial charge in [-0.1, -0.05) is 0 Å². The van der Waals surface area contributed by atoms with Gasteiger partial charge in [-0.15, -0.1) is 0 Å². The van der Waals surface area contributed by atoms with Crippen LogP contribution in [0.3, 0.4) is 0 Å². The lowest BCUT2D eigenvalue weighted by Crippen LogP contribution is -2.34. The van der Waals surface area contributed by atoms with Gasteiger partial charge in [0.1, 0.15) is 5.82 Å². The summed E-state index contributed by atoms with van der Waals surface area (Å²) in [5, 5.41) is 7.30. The zero-order valence-electron chi connectivity index (χ0n) is 17.2. The Morgan fingerprint density at radius 2 is 2.06 bits per heavy atom. The van der Waals surface area contributed by atoms with E-state index in [1.54, 1.807) is 27.7 Å². The number of ether oxygens (including phenoxy) is 2. The van der Waals surface area contributed by atoms with E-state index in [4.69, 9.17) is 9.47 Å². The summed E-state index contributed by atoms with van der Waals surface area (Å²) in [6.07, 6.45) is 3.70. The molecule has 0 bridgehead atoms. The van der Waals surface area contributed by atoms with Crippen molar-refractivity contribution in [2.24, 2.45) is 5.92 Å². The molecule has 0 spiro atoms. The van der Waals surface area contributed by atoms with Crippen molar-refractivity contribution >= 4 is 17.5 Å². The average Bonchev–Trinajstić information content (AvgIpc) is 3.48. The molecule has 5 rings (SSSR count). The van der Waals surface area contributed by atoms with Crippen molar-refractivity contribution in [2.75, 3.05) is 24.8 Å². The predicted octanol–water partition coefficient (Wildman–Crippen LogP) is 0.669. The molecule has 0 aliphatic carbocycles. The third kappa shape index (κ3) is 3.77. The summed E-state index contributed by atoms with van der Waals surface area (Å²) in [5.74, 6) is 1.48. The number of aryl methyl sites for hydroxylation is 2. The molecule has 3 aliphatic rings. The molecule has 2 amide bonds. The minimum absolute atomic E-state index is 0.0678. The van der Waals surface area contributed by atoms with Crippen LogP contribution in [-0.4, -0.2) is 46.0 Å². The van der Waals surface area contributed by atoms with Gasteiger partial charge in [0.15, 0.2) is 11.5 Å². The molecule has 4 heterocycles. The van der Waals surface area contributed by atoms with Gasteiger partial charge in [0.2, 0.25) is 18.6 Å². The van der Waals surface area contributed by atoms with Gasteiger partial charge in [0.25, 0.3) is 0 Å². The predicted molar refractivity (Wildman–Crippen MR) is 110 cm³/mol. The first-order valence-corrected chi connectivity index (χ1v) is 10.7. The number of benzene rings is 1. The summed E-state index contributed by atoms with van der Waals surface area (Å²) in [6.45, 7) is 2.14. The van der Waals surface area contributed by atoms with Crippen molar-refractivity contribution in [2.45, 2.75) is 45.2 Å². The standard InChI is InChI=1S/C21H25N5O5/c27-19-10-14(12-25(19)15-5-6-16-17(11-15)31-13-30-16)20(28)22-7-3-9-26-21(29)24-8-2-1-4-18(24)23-26/h5-6,11,14H,1-4,7-10,12-13H2,(H,22,28). The van der Waals surface area contributed by atoms with Crippen molar-refractivity contribution in [3.8, 4) is 11.5 Å². The monoisotopic (exact) mass is 427 g/mol. The van der Waals surface area contributed by atoms with E-state index in [0.717, 1.165) is 31.6 Å². The van der Waals surface area contributed by atoms with E-state index in [9.17, 15) is 14.4 Å². The Labute approximate surface area is 178 Å². The Morgan fingerprint density at radius 3 is 2.94 bits per heavy atom.